The molecular formula is C27H21FN8. The lowest BCUT2D eigenvalue weighted by atomic mass is 10.1. The van der Waals surface area contributed by atoms with E-state index in [2.05, 4.69) is 54.4 Å². The second-order valence-electron chi connectivity index (χ2n) is 8.75. The highest BCUT2D eigenvalue weighted by molar-refractivity contribution is 5.77. The van der Waals surface area contributed by atoms with Crippen LogP contribution in [0.3, 0.4) is 0 Å². The largest absolute Gasteiger partial charge is 0.324 e. The first-order valence-electron chi connectivity index (χ1n) is 11.8. The molecule has 0 fully saturated rings. The number of pyridine rings is 1. The first-order valence-corrected chi connectivity index (χ1v) is 11.8. The highest BCUT2D eigenvalue weighted by atomic mass is 19.1. The molecule has 0 saturated carbocycles. The number of benzene rings is 2. The van der Waals surface area contributed by atoms with Crippen molar-refractivity contribution in [1.29, 1.82) is 0 Å². The van der Waals surface area contributed by atoms with Gasteiger partial charge in [-0.3, -0.25) is 4.57 Å². The van der Waals surface area contributed by atoms with Crippen molar-refractivity contribution in [3.05, 3.63) is 96.6 Å². The molecule has 2 N–H and O–H groups in total. The summed E-state index contributed by atoms with van der Waals surface area (Å²) in [4.78, 5) is 17.7. The summed E-state index contributed by atoms with van der Waals surface area (Å²) in [5, 5.41) is 6.60. The molecule has 0 amide bonds. The number of halogens is 1. The molecule has 6 aromatic rings. The van der Waals surface area contributed by atoms with Crippen LogP contribution in [0.4, 0.5) is 16.0 Å². The minimum absolute atomic E-state index is 0.141. The summed E-state index contributed by atoms with van der Waals surface area (Å²) in [5.41, 5.74) is 7.80. The summed E-state index contributed by atoms with van der Waals surface area (Å²) < 4.78 is 18.5. The Balaban J connectivity index is 1.22. The van der Waals surface area contributed by atoms with Gasteiger partial charge in [-0.1, -0.05) is 24.3 Å². The van der Waals surface area contributed by atoms with Crippen molar-refractivity contribution in [1.82, 2.24) is 34.2 Å². The minimum Gasteiger partial charge on any atom is -0.324 e. The van der Waals surface area contributed by atoms with Crippen molar-refractivity contribution in [2.24, 2.45) is 0 Å². The van der Waals surface area contributed by atoms with Gasteiger partial charge in [0.05, 0.1) is 22.9 Å². The molecule has 36 heavy (non-hydrogen) atoms. The van der Waals surface area contributed by atoms with Crippen LogP contribution in [0.1, 0.15) is 11.4 Å². The molecule has 1 aliphatic rings. The Labute approximate surface area is 205 Å². The van der Waals surface area contributed by atoms with Gasteiger partial charge in [0.15, 0.2) is 11.6 Å². The maximum atomic E-state index is 14.7. The standard InChI is InChI=1S/C27H21FN8/c28-20-13-30-27(34-26(20)36-16-31-21-6-1-2-7-23(21)36)32-19-5-3-4-17(12-19)18-8-9-25-33-22-14-29-11-10-24(22)35(25)15-18/h1-9,12-13,15-16,29H,10-11,14H2,(H,30,32,34). The third kappa shape index (κ3) is 3.48. The number of anilines is 2. The molecule has 0 radical (unpaired) electrons. The van der Waals surface area contributed by atoms with Gasteiger partial charge in [0, 0.05) is 37.1 Å². The normalized spacial score (nSPS) is 13.2. The summed E-state index contributed by atoms with van der Waals surface area (Å²) in [6.45, 7) is 1.76. The number of hydrogen-bond acceptors (Lipinski definition) is 6. The summed E-state index contributed by atoms with van der Waals surface area (Å²) in [5.74, 6) is -0.0836. The van der Waals surface area contributed by atoms with E-state index >= 15 is 0 Å². The van der Waals surface area contributed by atoms with Gasteiger partial charge in [-0.25, -0.2) is 19.3 Å². The van der Waals surface area contributed by atoms with E-state index in [-0.39, 0.29) is 5.82 Å². The maximum absolute atomic E-state index is 14.7. The van der Waals surface area contributed by atoms with Crippen LogP contribution in [0.25, 0.3) is 33.6 Å². The highest BCUT2D eigenvalue weighted by Crippen LogP contribution is 2.27. The average Bonchev–Trinajstić information content (AvgIpc) is 3.51. The molecule has 4 aromatic heterocycles. The first-order chi connectivity index (χ1) is 17.7. The molecule has 9 heteroatoms. The van der Waals surface area contributed by atoms with Crippen LogP contribution in [0.2, 0.25) is 0 Å². The van der Waals surface area contributed by atoms with Gasteiger partial charge in [0.2, 0.25) is 5.95 Å². The number of fused-ring (bicyclic) bond motifs is 4. The van der Waals surface area contributed by atoms with Crippen LogP contribution in [-0.2, 0) is 13.0 Å². The fraction of sp³-hybridized carbons (Fsp3) is 0.111. The van der Waals surface area contributed by atoms with E-state index in [1.165, 1.54) is 11.9 Å². The molecule has 0 atom stereocenters. The van der Waals surface area contributed by atoms with Crippen LogP contribution < -0.4 is 10.6 Å². The quantitative estimate of drug-likeness (QED) is 0.385. The van der Waals surface area contributed by atoms with Gasteiger partial charge in [-0.2, -0.15) is 4.98 Å². The van der Waals surface area contributed by atoms with Crippen molar-refractivity contribution in [3.63, 3.8) is 0 Å². The van der Waals surface area contributed by atoms with Gasteiger partial charge in [0.1, 0.15) is 12.0 Å². The molecule has 0 bridgehead atoms. The highest BCUT2D eigenvalue weighted by Gasteiger charge is 2.16. The summed E-state index contributed by atoms with van der Waals surface area (Å²) in [7, 11) is 0. The SMILES string of the molecule is Fc1cnc(Nc2cccc(-c3ccc4nc5c(n4c3)CCNC5)c2)nc1-n1cnc2ccccc21. The Hall–Kier alpha value is -4.63. The van der Waals surface area contributed by atoms with Gasteiger partial charge < -0.3 is 15.0 Å². The topological polar surface area (TPSA) is 85.0 Å². The second kappa shape index (κ2) is 8.24. The lowest BCUT2D eigenvalue weighted by Gasteiger charge is -2.13. The maximum Gasteiger partial charge on any atom is 0.229 e. The van der Waals surface area contributed by atoms with Crippen molar-refractivity contribution >= 4 is 28.3 Å². The molecule has 2 aromatic carbocycles. The fourth-order valence-corrected chi connectivity index (χ4v) is 4.75. The van der Waals surface area contributed by atoms with Gasteiger partial charge >= 0.3 is 0 Å². The lowest BCUT2D eigenvalue weighted by Crippen LogP contribution is -2.24. The van der Waals surface area contributed by atoms with Crippen LogP contribution in [0.15, 0.2) is 79.4 Å². The van der Waals surface area contributed by atoms with Crippen LogP contribution in [0.5, 0.6) is 0 Å². The van der Waals surface area contributed by atoms with Crippen LogP contribution in [-0.4, -0.2) is 35.4 Å². The molecule has 5 heterocycles. The molecule has 0 aliphatic carbocycles. The summed E-state index contributed by atoms with van der Waals surface area (Å²) in [6, 6.07) is 19.7. The zero-order valence-corrected chi connectivity index (χ0v) is 19.2. The monoisotopic (exact) mass is 476 g/mol. The molecule has 176 valence electrons. The zero-order chi connectivity index (χ0) is 24.1. The predicted octanol–water partition coefficient (Wildman–Crippen LogP) is 4.66. The molecule has 0 unspecified atom stereocenters. The van der Waals surface area contributed by atoms with Gasteiger partial charge in [0.25, 0.3) is 0 Å². The lowest BCUT2D eigenvalue weighted by molar-refractivity contribution is 0.604. The predicted molar refractivity (Wildman–Crippen MR) is 136 cm³/mol. The van der Waals surface area contributed by atoms with Crippen LogP contribution >= 0.6 is 0 Å². The van der Waals surface area contributed by atoms with Crippen molar-refractivity contribution in [2.45, 2.75) is 13.0 Å². The number of nitrogens with one attached hydrogen (secondary N) is 2. The van der Waals surface area contributed by atoms with E-state index in [1.54, 1.807) is 10.9 Å². The Morgan fingerprint density at radius 1 is 0.944 bits per heavy atom. The fourth-order valence-electron chi connectivity index (χ4n) is 4.75. The average molecular weight is 477 g/mol. The number of imidazole rings is 2. The van der Waals surface area contributed by atoms with Crippen molar-refractivity contribution in [3.8, 4) is 16.9 Å². The van der Waals surface area contributed by atoms with Gasteiger partial charge in [-0.05, 0) is 47.5 Å². The first kappa shape index (κ1) is 20.7. The molecule has 0 spiro atoms. The number of aromatic nitrogens is 6. The van der Waals surface area contributed by atoms with Crippen molar-refractivity contribution < 1.29 is 4.39 Å². The Morgan fingerprint density at radius 3 is 2.86 bits per heavy atom. The Bertz CT molecular complexity index is 1750. The van der Waals surface area contributed by atoms with E-state index in [9.17, 15) is 4.39 Å². The van der Waals surface area contributed by atoms with E-state index in [0.29, 0.717) is 5.95 Å². The zero-order valence-electron chi connectivity index (χ0n) is 19.2. The number of hydrogen-bond donors (Lipinski definition) is 2. The number of para-hydroxylation sites is 2. The molecular weight excluding hydrogens is 455 g/mol. The molecule has 1 aliphatic heterocycles. The molecule has 0 saturated heterocycles. The smallest absolute Gasteiger partial charge is 0.229 e. The van der Waals surface area contributed by atoms with E-state index < -0.39 is 5.82 Å². The number of rotatable bonds is 4. The molecule has 7 rings (SSSR count). The summed E-state index contributed by atoms with van der Waals surface area (Å²) in [6.07, 6.45) is 5.84. The number of nitrogens with zero attached hydrogens (tertiary/aromatic N) is 6. The van der Waals surface area contributed by atoms with Crippen LogP contribution in [0, 0.1) is 5.82 Å². The van der Waals surface area contributed by atoms with Gasteiger partial charge in [-0.15, -0.1) is 0 Å². The van der Waals surface area contributed by atoms with E-state index in [0.717, 1.165) is 58.7 Å². The minimum atomic E-state index is -0.523. The molecule has 8 nitrogen and oxygen atoms in total. The third-order valence-corrected chi connectivity index (χ3v) is 6.49. The Kier molecular flexibility index (Phi) is 4.74. The second-order valence-corrected chi connectivity index (χ2v) is 8.75. The van der Waals surface area contributed by atoms with Crippen molar-refractivity contribution in [2.75, 3.05) is 11.9 Å². The Morgan fingerprint density at radius 2 is 1.89 bits per heavy atom. The summed E-state index contributed by atoms with van der Waals surface area (Å²) >= 11 is 0. The van der Waals surface area contributed by atoms with E-state index in [1.807, 2.05) is 42.5 Å². The third-order valence-electron chi connectivity index (χ3n) is 6.49. The van der Waals surface area contributed by atoms with E-state index in [4.69, 9.17) is 4.98 Å².